The Bertz CT molecular complexity index is 599. The van der Waals surface area contributed by atoms with Crippen LogP contribution in [0.1, 0.15) is 46.8 Å². The first-order valence-electron chi connectivity index (χ1n) is 7.12. The zero-order chi connectivity index (χ0) is 13.6. The number of aromatic nitrogens is 1. The largest absolute Gasteiger partial charge is 0.324 e. The fourth-order valence-corrected chi connectivity index (χ4v) is 3.49. The lowest BCUT2D eigenvalue weighted by Gasteiger charge is -2.22. The molecule has 1 aliphatic rings. The summed E-state index contributed by atoms with van der Waals surface area (Å²) in [6.07, 6.45) is 5.65. The van der Waals surface area contributed by atoms with Crippen molar-refractivity contribution in [1.29, 1.82) is 0 Å². The molecule has 100 valence electrons. The van der Waals surface area contributed by atoms with Crippen molar-refractivity contribution in [3.05, 3.63) is 52.3 Å². The van der Waals surface area contributed by atoms with Crippen LogP contribution in [0, 0.1) is 20.8 Å². The summed E-state index contributed by atoms with van der Waals surface area (Å²) in [6.45, 7) is 6.56. The average molecular weight is 254 g/mol. The molecule has 0 saturated heterocycles. The van der Waals surface area contributed by atoms with E-state index in [1.54, 1.807) is 0 Å². The van der Waals surface area contributed by atoms with Crippen molar-refractivity contribution in [2.75, 3.05) is 0 Å². The fraction of sp³-hybridized carbons (Fsp3) is 0.412. The van der Waals surface area contributed by atoms with Gasteiger partial charge in [-0.15, -0.1) is 0 Å². The molecule has 2 nitrogen and oxygen atoms in total. The molecule has 0 radical (unpaired) electrons. The molecule has 2 heteroatoms. The van der Waals surface area contributed by atoms with E-state index in [1.807, 2.05) is 0 Å². The maximum atomic E-state index is 6.22. The monoisotopic (exact) mass is 254 g/mol. The summed E-state index contributed by atoms with van der Waals surface area (Å²) in [5.74, 6) is 0. The zero-order valence-corrected chi connectivity index (χ0v) is 12.0. The highest BCUT2D eigenvalue weighted by atomic mass is 15.0. The van der Waals surface area contributed by atoms with E-state index in [-0.39, 0.29) is 6.04 Å². The van der Waals surface area contributed by atoms with Crippen LogP contribution in [-0.4, -0.2) is 4.57 Å². The maximum Gasteiger partial charge on any atom is 0.0510 e. The summed E-state index contributed by atoms with van der Waals surface area (Å²) in [5, 5.41) is 0. The minimum Gasteiger partial charge on any atom is -0.324 e. The number of fused-ring (bicyclic) bond motifs is 1. The number of hydrogen-bond donors (Lipinski definition) is 1. The number of rotatable bonds is 1. The van der Waals surface area contributed by atoms with Crippen LogP contribution in [0.2, 0.25) is 0 Å². The molecule has 0 fully saturated rings. The molecule has 0 amide bonds. The van der Waals surface area contributed by atoms with E-state index < -0.39 is 0 Å². The van der Waals surface area contributed by atoms with Crippen LogP contribution in [0.25, 0.3) is 5.69 Å². The Morgan fingerprint density at radius 2 is 1.84 bits per heavy atom. The Kier molecular flexibility index (Phi) is 2.98. The van der Waals surface area contributed by atoms with E-state index in [0.29, 0.717) is 0 Å². The van der Waals surface area contributed by atoms with Crippen LogP contribution >= 0.6 is 0 Å². The van der Waals surface area contributed by atoms with Gasteiger partial charge >= 0.3 is 0 Å². The average Bonchev–Trinajstić information content (AvgIpc) is 2.73. The highest BCUT2D eigenvalue weighted by Crippen LogP contribution is 2.32. The van der Waals surface area contributed by atoms with Gasteiger partial charge in [0.15, 0.2) is 0 Å². The number of benzene rings is 1. The van der Waals surface area contributed by atoms with Gasteiger partial charge in [0.1, 0.15) is 0 Å². The van der Waals surface area contributed by atoms with Crippen LogP contribution in [0.5, 0.6) is 0 Å². The quantitative estimate of drug-likeness (QED) is 0.825. The number of aryl methyl sites for hydroxylation is 3. The lowest BCUT2D eigenvalue weighted by Crippen LogP contribution is -2.18. The van der Waals surface area contributed by atoms with E-state index in [9.17, 15) is 0 Å². The van der Waals surface area contributed by atoms with Crippen LogP contribution in [0.4, 0.5) is 0 Å². The lowest BCUT2D eigenvalue weighted by atomic mass is 9.93. The van der Waals surface area contributed by atoms with Gasteiger partial charge in [0.25, 0.3) is 0 Å². The van der Waals surface area contributed by atoms with Gasteiger partial charge in [-0.1, -0.05) is 17.7 Å². The predicted molar refractivity (Wildman–Crippen MR) is 79.8 cm³/mol. The van der Waals surface area contributed by atoms with Gasteiger partial charge in [0.05, 0.1) is 5.69 Å². The molecule has 19 heavy (non-hydrogen) atoms. The van der Waals surface area contributed by atoms with E-state index in [0.717, 1.165) is 12.8 Å². The standard InChI is InChI=1S/C17H22N2/c1-11-9-12(2)17(13(3)10-11)19-8-7-14-15(18)5-4-6-16(14)19/h7-10,15H,4-6,18H2,1-3H3. The van der Waals surface area contributed by atoms with E-state index in [4.69, 9.17) is 5.73 Å². The second-order valence-corrected chi connectivity index (χ2v) is 5.83. The topological polar surface area (TPSA) is 30.9 Å². The molecule has 1 aromatic heterocycles. The minimum atomic E-state index is 0.219. The van der Waals surface area contributed by atoms with E-state index in [2.05, 4.69) is 49.7 Å². The number of nitrogens with zero attached hydrogens (tertiary/aromatic N) is 1. The Morgan fingerprint density at radius 1 is 1.16 bits per heavy atom. The van der Waals surface area contributed by atoms with Gasteiger partial charge in [-0.25, -0.2) is 0 Å². The molecule has 3 rings (SSSR count). The summed E-state index contributed by atoms with van der Waals surface area (Å²) in [5.41, 5.74) is 14.3. The van der Waals surface area contributed by atoms with Gasteiger partial charge in [0, 0.05) is 17.9 Å². The molecule has 1 atom stereocenters. The van der Waals surface area contributed by atoms with Crippen LogP contribution < -0.4 is 5.73 Å². The molecule has 2 aromatic rings. The van der Waals surface area contributed by atoms with Crippen LogP contribution in [0.3, 0.4) is 0 Å². The van der Waals surface area contributed by atoms with E-state index >= 15 is 0 Å². The van der Waals surface area contributed by atoms with Crippen LogP contribution in [0.15, 0.2) is 24.4 Å². The zero-order valence-electron chi connectivity index (χ0n) is 12.0. The predicted octanol–water partition coefficient (Wildman–Crippen LogP) is 3.74. The molecule has 1 aliphatic carbocycles. The molecular formula is C17H22N2. The molecule has 1 heterocycles. The highest BCUT2D eigenvalue weighted by Gasteiger charge is 2.21. The molecule has 0 saturated carbocycles. The van der Waals surface area contributed by atoms with Crippen molar-refractivity contribution < 1.29 is 0 Å². The molecule has 2 N–H and O–H groups in total. The van der Waals surface area contributed by atoms with Gasteiger partial charge < -0.3 is 10.3 Å². The van der Waals surface area contributed by atoms with Crippen molar-refractivity contribution in [3.63, 3.8) is 0 Å². The van der Waals surface area contributed by atoms with Crippen molar-refractivity contribution in [2.45, 2.75) is 46.1 Å². The fourth-order valence-electron chi connectivity index (χ4n) is 3.49. The Hall–Kier alpha value is -1.54. The molecule has 0 spiro atoms. The third-order valence-corrected chi connectivity index (χ3v) is 4.23. The molecule has 0 bridgehead atoms. The second-order valence-electron chi connectivity index (χ2n) is 5.83. The first kappa shape index (κ1) is 12.5. The summed E-state index contributed by atoms with van der Waals surface area (Å²) < 4.78 is 2.36. The third-order valence-electron chi connectivity index (χ3n) is 4.23. The van der Waals surface area contributed by atoms with Gasteiger partial charge in [-0.2, -0.15) is 0 Å². The Balaban J connectivity index is 2.19. The maximum absolute atomic E-state index is 6.22. The molecule has 1 unspecified atom stereocenters. The molecule has 1 aromatic carbocycles. The van der Waals surface area contributed by atoms with Crippen molar-refractivity contribution in [1.82, 2.24) is 4.57 Å². The summed E-state index contributed by atoms with van der Waals surface area (Å²) in [4.78, 5) is 0. The van der Waals surface area contributed by atoms with Gasteiger partial charge in [-0.3, -0.25) is 0 Å². The van der Waals surface area contributed by atoms with Gasteiger partial charge in [-0.05, 0) is 62.8 Å². The summed E-state index contributed by atoms with van der Waals surface area (Å²) >= 11 is 0. The summed E-state index contributed by atoms with van der Waals surface area (Å²) in [7, 11) is 0. The van der Waals surface area contributed by atoms with Crippen LogP contribution in [-0.2, 0) is 6.42 Å². The molecular weight excluding hydrogens is 232 g/mol. The smallest absolute Gasteiger partial charge is 0.0510 e. The Morgan fingerprint density at radius 3 is 2.53 bits per heavy atom. The number of hydrogen-bond acceptors (Lipinski definition) is 1. The Labute approximate surface area is 115 Å². The summed E-state index contributed by atoms with van der Waals surface area (Å²) in [6, 6.07) is 6.95. The van der Waals surface area contributed by atoms with Crippen molar-refractivity contribution in [3.8, 4) is 5.69 Å². The SMILES string of the molecule is Cc1cc(C)c(-n2ccc3c2CCCC3N)c(C)c1. The van der Waals surface area contributed by atoms with E-state index in [1.165, 1.54) is 40.1 Å². The van der Waals surface area contributed by atoms with Crippen molar-refractivity contribution in [2.24, 2.45) is 5.73 Å². The highest BCUT2D eigenvalue weighted by molar-refractivity contribution is 5.52. The third kappa shape index (κ3) is 2.00. The van der Waals surface area contributed by atoms with Crippen molar-refractivity contribution >= 4 is 0 Å². The minimum absolute atomic E-state index is 0.219. The first-order valence-corrected chi connectivity index (χ1v) is 7.12. The number of nitrogens with two attached hydrogens (primary N) is 1. The normalized spacial score (nSPS) is 18.4. The van der Waals surface area contributed by atoms with Gasteiger partial charge in [0.2, 0.25) is 0 Å². The molecule has 0 aliphatic heterocycles. The second kappa shape index (κ2) is 4.53. The first-order chi connectivity index (χ1) is 9.08. The lowest BCUT2D eigenvalue weighted by molar-refractivity contribution is 0.560.